The van der Waals surface area contributed by atoms with Crippen LogP contribution in [0.25, 0.3) is 11.0 Å². The van der Waals surface area contributed by atoms with Crippen molar-refractivity contribution in [2.75, 3.05) is 37.7 Å². The summed E-state index contributed by atoms with van der Waals surface area (Å²) in [5, 5.41) is 0. The number of hydrogen-bond acceptors (Lipinski definition) is 4. The number of nitrogens with zero attached hydrogens (tertiary/aromatic N) is 3. The van der Waals surface area contributed by atoms with Gasteiger partial charge < -0.3 is 19.5 Å². The molecule has 0 aliphatic carbocycles. The van der Waals surface area contributed by atoms with Crippen LogP contribution in [0, 0.1) is 0 Å². The molecule has 1 aliphatic rings. The summed E-state index contributed by atoms with van der Waals surface area (Å²) in [6.45, 7) is 5.23. The zero-order chi connectivity index (χ0) is 19.3. The highest BCUT2D eigenvalue weighted by molar-refractivity contribution is 5.78. The molecule has 1 aliphatic heterocycles. The average molecular weight is 378 g/mol. The molecule has 28 heavy (non-hydrogen) atoms. The summed E-state index contributed by atoms with van der Waals surface area (Å²) in [5.74, 6) is 1.72. The predicted molar refractivity (Wildman–Crippen MR) is 111 cm³/mol. The normalized spacial score (nSPS) is 14.9. The van der Waals surface area contributed by atoms with Crippen LogP contribution in [0.15, 0.2) is 48.5 Å². The van der Waals surface area contributed by atoms with Gasteiger partial charge in [0.15, 0.2) is 6.61 Å². The van der Waals surface area contributed by atoms with Gasteiger partial charge in [-0.1, -0.05) is 37.3 Å². The summed E-state index contributed by atoms with van der Waals surface area (Å²) in [5.41, 5.74) is 3.14. The molecule has 3 aromatic rings. The minimum Gasteiger partial charge on any atom is -0.483 e. The molecular formula is C22H26N4O2. The Bertz CT molecular complexity index is 919. The van der Waals surface area contributed by atoms with Gasteiger partial charge in [-0.25, -0.2) is 4.98 Å². The van der Waals surface area contributed by atoms with Crippen LogP contribution in [-0.2, 0) is 11.2 Å². The molecule has 1 aromatic heterocycles. The van der Waals surface area contributed by atoms with Crippen molar-refractivity contribution < 1.29 is 9.53 Å². The molecule has 0 radical (unpaired) electrons. The van der Waals surface area contributed by atoms with Gasteiger partial charge >= 0.3 is 0 Å². The van der Waals surface area contributed by atoms with E-state index in [0.717, 1.165) is 60.8 Å². The lowest BCUT2D eigenvalue weighted by Gasteiger charge is -2.22. The summed E-state index contributed by atoms with van der Waals surface area (Å²) in [4.78, 5) is 24.9. The minimum atomic E-state index is 0.0392. The third-order valence-corrected chi connectivity index (χ3v) is 5.23. The first-order chi connectivity index (χ1) is 13.7. The van der Waals surface area contributed by atoms with Gasteiger partial charge in [-0.05, 0) is 36.6 Å². The van der Waals surface area contributed by atoms with Crippen molar-refractivity contribution in [3.63, 3.8) is 0 Å². The van der Waals surface area contributed by atoms with Crippen molar-refractivity contribution in [2.24, 2.45) is 0 Å². The van der Waals surface area contributed by atoms with E-state index >= 15 is 0 Å². The molecule has 0 saturated carbocycles. The zero-order valence-corrected chi connectivity index (χ0v) is 16.2. The van der Waals surface area contributed by atoms with Crippen LogP contribution in [0.2, 0.25) is 0 Å². The van der Waals surface area contributed by atoms with Crippen LogP contribution >= 0.6 is 0 Å². The first-order valence-electron chi connectivity index (χ1n) is 9.93. The Morgan fingerprint density at radius 3 is 2.75 bits per heavy atom. The highest BCUT2D eigenvalue weighted by Crippen LogP contribution is 2.20. The Morgan fingerprint density at radius 1 is 1.07 bits per heavy atom. The monoisotopic (exact) mass is 378 g/mol. The third kappa shape index (κ3) is 3.96. The van der Waals surface area contributed by atoms with Crippen LogP contribution in [-0.4, -0.2) is 53.6 Å². The standard InChI is InChI=1S/C22H26N4O2/c1-2-17-8-3-6-11-20(17)28-16-21(27)25-12-7-13-26(15-14-25)22-23-18-9-4-5-10-19(18)24-22/h3-6,8-11H,2,7,12-16H2,1H3,(H,23,24). The Labute approximate surface area is 165 Å². The molecule has 146 valence electrons. The van der Waals surface area contributed by atoms with E-state index in [0.29, 0.717) is 6.54 Å². The van der Waals surface area contributed by atoms with Crippen molar-refractivity contribution in [1.29, 1.82) is 0 Å². The summed E-state index contributed by atoms with van der Waals surface area (Å²) in [6, 6.07) is 15.9. The van der Waals surface area contributed by atoms with E-state index in [4.69, 9.17) is 4.74 Å². The summed E-state index contributed by atoms with van der Waals surface area (Å²) in [7, 11) is 0. The number of aryl methyl sites for hydroxylation is 1. The molecule has 1 N–H and O–H groups in total. The van der Waals surface area contributed by atoms with Crippen LogP contribution in [0.3, 0.4) is 0 Å². The summed E-state index contributed by atoms with van der Waals surface area (Å²) < 4.78 is 5.81. The number of H-pyrrole nitrogens is 1. The third-order valence-electron chi connectivity index (χ3n) is 5.23. The molecule has 0 atom stereocenters. The van der Waals surface area contributed by atoms with Crippen LogP contribution in [0.4, 0.5) is 5.95 Å². The minimum absolute atomic E-state index is 0.0392. The van der Waals surface area contributed by atoms with E-state index in [2.05, 4.69) is 21.8 Å². The van der Waals surface area contributed by atoms with Crippen molar-refractivity contribution in [3.05, 3.63) is 54.1 Å². The zero-order valence-electron chi connectivity index (χ0n) is 16.2. The summed E-state index contributed by atoms with van der Waals surface area (Å²) >= 11 is 0. The number of para-hydroxylation sites is 3. The number of carbonyl (C=O) groups excluding carboxylic acids is 1. The number of aromatic nitrogens is 2. The maximum Gasteiger partial charge on any atom is 0.260 e. The largest absolute Gasteiger partial charge is 0.483 e. The molecule has 6 heteroatoms. The molecule has 4 rings (SSSR count). The number of benzene rings is 2. The van der Waals surface area contributed by atoms with E-state index < -0.39 is 0 Å². The number of aromatic amines is 1. The van der Waals surface area contributed by atoms with Gasteiger partial charge in [-0.3, -0.25) is 4.79 Å². The maximum atomic E-state index is 12.7. The second-order valence-corrected chi connectivity index (χ2v) is 7.05. The van der Waals surface area contributed by atoms with E-state index in [9.17, 15) is 4.79 Å². The van der Waals surface area contributed by atoms with Gasteiger partial charge in [0.2, 0.25) is 5.95 Å². The van der Waals surface area contributed by atoms with Crippen LogP contribution < -0.4 is 9.64 Å². The molecular weight excluding hydrogens is 352 g/mol. The van der Waals surface area contributed by atoms with Crippen LogP contribution in [0.1, 0.15) is 18.9 Å². The van der Waals surface area contributed by atoms with Gasteiger partial charge in [0.1, 0.15) is 5.75 Å². The number of nitrogens with one attached hydrogen (secondary N) is 1. The Balaban J connectivity index is 1.36. The lowest BCUT2D eigenvalue weighted by Crippen LogP contribution is -2.38. The number of amides is 1. The predicted octanol–water partition coefficient (Wildman–Crippen LogP) is 3.24. The van der Waals surface area contributed by atoms with Crippen molar-refractivity contribution >= 4 is 22.9 Å². The van der Waals surface area contributed by atoms with Crippen molar-refractivity contribution in [3.8, 4) is 5.75 Å². The lowest BCUT2D eigenvalue weighted by molar-refractivity contribution is -0.133. The number of fused-ring (bicyclic) bond motifs is 1. The van der Waals surface area contributed by atoms with Gasteiger partial charge in [0.25, 0.3) is 5.91 Å². The van der Waals surface area contributed by atoms with Gasteiger partial charge in [-0.15, -0.1) is 0 Å². The van der Waals surface area contributed by atoms with Crippen molar-refractivity contribution in [1.82, 2.24) is 14.9 Å². The molecule has 0 bridgehead atoms. The average Bonchev–Trinajstić information content (AvgIpc) is 3.01. The Hall–Kier alpha value is -3.02. The number of imidazole rings is 1. The fraction of sp³-hybridized carbons (Fsp3) is 0.364. The van der Waals surface area contributed by atoms with E-state index in [1.807, 2.05) is 53.4 Å². The fourth-order valence-corrected chi connectivity index (χ4v) is 3.64. The number of hydrogen-bond donors (Lipinski definition) is 1. The summed E-state index contributed by atoms with van der Waals surface area (Å²) in [6.07, 6.45) is 1.80. The molecule has 2 heterocycles. The lowest BCUT2D eigenvalue weighted by atomic mass is 10.1. The van der Waals surface area contributed by atoms with Crippen LogP contribution in [0.5, 0.6) is 5.75 Å². The van der Waals surface area contributed by atoms with Crippen molar-refractivity contribution in [2.45, 2.75) is 19.8 Å². The molecule has 1 saturated heterocycles. The molecule has 1 amide bonds. The smallest absolute Gasteiger partial charge is 0.260 e. The first-order valence-corrected chi connectivity index (χ1v) is 9.93. The number of rotatable bonds is 5. The topological polar surface area (TPSA) is 61.5 Å². The molecule has 6 nitrogen and oxygen atoms in total. The quantitative estimate of drug-likeness (QED) is 0.740. The second kappa shape index (κ2) is 8.33. The fourth-order valence-electron chi connectivity index (χ4n) is 3.64. The molecule has 0 spiro atoms. The van der Waals surface area contributed by atoms with Gasteiger partial charge in [0.05, 0.1) is 11.0 Å². The SMILES string of the molecule is CCc1ccccc1OCC(=O)N1CCCN(c2nc3ccccc3[nH]2)CC1. The maximum absolute atomic E-state index is 12.7. The van der Waals surface area contributed by atoms with E-state index in [1.165, 1.54) is 0 Å². The van der Waals surface area contributed by atoms with E-state index in [1.54, 1.807) is 0 Å². The number of carbonyl (C=O) groups is 1. The first kappa shape index (κ1) is 18.3. The highest BCUT2D eigenvalue weighted by Gasteiger charge is 2.21. The van der Waals surface area contributed by atoms with Gasteiger partial charge in [0, 0.05) is 26.2 Å². The second-order valence-electron chi connectivity index (χ2n) is 7.05. The Kier molecular flexibility index (Phi) is 5.46. The Morgan fingerprint density at radius 2 is 1.89 bits per heavy atom. The highest BCUT2D eigenvalue weighted by atomic mass is 16.5. The number of anilines is 1. The molecule has 0 unspecified atom stereocenters. The molecule has 2 aromatic carbocycles. The van der Waals surface area contributed by atoms with Gasteiger partial charge in [-0.2, -0.15) is 0 Å². The molecule has 1 fully saturated rings. The number of ether oxygens (including phenoxy) is 1. The van der Waals surface area contributed by atoms with E-state index in [-0.39, 0.29) is 12.5 Å².